The maximum atomic E-state index is 15.1. The summed E-state index contributed by atoms with van der Waals surface area (Å²) in [5, 5.41) is 9.09. The van der Waals surface area contributed by atoms with Crippen molar-refractivity contribution in [1.29, 1.82) is 0 Å². The van der Waals surface area contributed by atoms with Gasteiger partial charge in [-0.1, -0.05) is 78.9 Å². The Kier molecular flexibility index (Phi) is 12.2. The zero-order valence-corrected chi connectivity index (χ0v) is 24.2. The fraction of sp³-hybridized carbons (Fsp3) is 0.265. The van der Waals surface area contributed by atoms with Crippen LogP contribution in [-0.4, -0.2) is 42.3 Å². The summed E-state index contributed by atoms with van der Waals surface area (Å²) in [5.74, 6) is 0.0633. The maximum absolute atomic E-state index is 15.1. The van der Waals surface area contributed by atoms with E-state index in [9.17, 15) is 4.79 Å². The van der Waals surface area contributed by atoms with Crippen LogP contribution < -0.4 is 9.47 Å². The number of nitrogens with zero attached hydrogens (tertiary/aromatic N) is 1. The summed E-state index contributed by atoms with van der Waals surface area (Å²) in [6, 6.07) is 33.1. The van der Waals surface area contributed by atoms with E-state index < -0.39 is 5.97 Å². The van der Waals surface area contributed by atoms with Gasteiger partial charge in [0.25, 0.3) is 0 Å². The second kappa shape index (κ2) is 15.8. The van der Waals surface area contributed by atoms with Crippen molar-refractivity contribution in [3.8, 4) is 11.5 Å². The van der Waals surface area contributed by atoms with Crippen molar-refractivity contribution < 1.29 is 23.8 Å². The van der Waals surface area contributed by atoms with E-state index in [1.807, 2.05) is 18.2 Å². The Morgan fingerprint density at radius 1 is 0.878 bits per heavy atom. The number of ether oxygens (including phenoxy) is 2. The van der Waals surface area contributed by atoms with Gasteiger partial charge in [-0.2, -0.15) is 0 Å². The largest absolute Gasteiger partial charge is 0.497 e. The second-order valence-electron chi connectivity index (χ2n) is 9.96. The number of hydrogen-bond donors (Lipinski definition) is 1. The van der Waals surface area contributed by atoms with Crippen LogP contribution in [0.5, 0.6) is 11.5 Å². The van der Waals surface area contributed by atoms with E-state index in [0.717, 1.165) is 0 Å². The molecule has 4 aromatic carbocycles. The van der Waals surface area contributed by atoms with Crippen molar-refractivity contribution in [2.24, 2.45) is 0 Å². The van der Waals surface area contributed by atoms with Gasteiger partial charge >= 0.3 is 5.97 Å². The van der Waals surface area contributed by atoms with Crippen molar-refractivity contribution in [2.45, 2.75) is 38.3 Å². The number of benzene rings is 4. The monoisotopic (exact) mass is 577 g/mol. The average molecular weight is 578 g/mol. The van der Waals surface area contributed by atoms with E-state index in [1.54, 1.807) is 30.3 Å². The molecule has 1 N–H and O–H groups in total. The number of aliphatic carboxylic acids is 1. The molecule has 4 aromatic rings. The maximum Gasteiger partial charge on any atom is 0.307 e. The minimum Gasteiger partial charge on any atom is -0.497 e. The molecule has 0 saturated carbocycles. The Balaban J connectivity index is 0.00000462. The molecule has 0 aliphatic heterocycles. The minimum atomic E-state index is -0.876. The van der Waals surface area contributed by atoms with E-state index in [2.05, 4.69) is 60.4 Å². The number of methoxy groups -OCH3 is 1. The van der Waals surface area contributed by atoms with Gasteiger partial charge in [-0.25, -0.2) is 4.39 Å². The number of carboxylic acids is 1. The average Bonchev–Trinajstić information content (AvgIpc) is 2.96. The normalized spacial score (nSPS) is 11.6. The summed E-state index contributed by atoms with van der Waals surface area (Å²) < 4.78 is 26.3. The minimum absolute atomic E-state index is 0. The van der Waals surface area contributed by atoms with Crippen molar-refractivity contribution >= 4 is 18.4 Å². The Hall–Kier alpha value is -3.87. The van der Waals surface area contributed by atoms with Crippen LogP contribution in [0.15, 0.2) is 103 Å². The third-order valence-corrected chi connectivity index (χ3v) is 7.14. The first-order valence-corrected chi connectivity index (χ1v) is 13.5. The molecule has 41 heavy (non-hydrogen) atoms. The molecule has 1 atom stereocenters. The van der Waals surface area contributed by atoms with Crippen LogP contribution in [0.25, 0.3) is 0 Å². The highest BCUT2D eigenvalue weighted by atomic mass is 35.5. The molecule has 0 aromatic heterocycles. The number of hydrogen-bond acceptors (Lipinski definition) is 4. The summed E-state index contributed by atoms with van der Waals surface area (Å²) >= 11 is 0. The lowest BCUT2D eigenvalue weighted by molar-refractivity contribution is -0.136. The van der Waals surface area contributed by atoms with Gasteiger partial charge in [-0.15, -0.1) is 12.4 Å². The lowest BCUT2D eigenvalue weighted by Crippen LogP contribution is -2.37. The third kappa shape index (κ3) is 9.34. The first-order chi connectivity index (χ1) is 19.4. The molecule has 216 valence electrons. The molecule has 0 heterocycles. The van der Waals surface area contributed by atoms with Gasteiger partial charge in [0.15, 0.2) is 0 Å². The highest BCUT2D eigenvalue weighted by molar-refractivity contribution is 5.85. The lowest BCUT2D eigenvalue weighted by atomic mass is 9.90. The second-order valence-corrected chi connectivity index (χ2v) is 9.96. The predicted octanol–water partition coefficient (Wildman–Crippen LogP) is 7.37. The summed E-state index contributed by atoms with van der Waals surface area (Å²) in [6.45, 7) is 3.70. The van der Waals surface area contributed by atoms with Crippen LogP contribution in [0, 0.1) is 5.82 Å². The van der Waals surface area contributed by atoms with Gasteiger partial charge in [0.05, 0.1) is 20.1 Å². The molecular formula is C34H37ClFNO4. The van der Waals surface area contributed by atoms with Crippen molar-refractivity contribution in [1.82, 2.24) is 4.90 Å². The molecule has 0 spiro atoms. The molecule has 7 heteroatoms. The number of carboxylic acid groups (broad SMARTS) is 1. The zero-order valence-electron chi connectivity index (χ0n) is 23.4. The molecule has 0 fully saturated rings. The Bertz CT molecular complexity index is 1330. The predicted molar refractivity (Wildman–Crippen MR) is 163 cm³/mol. The third-order valence-electron chi connectivity index (χ3n) is 7.14. The molecule has 0 aliphatic rings. The lowest BCUT2D eigenvalue weighted by Gasteiger charge is -2.33. The Morgan fingerprint density at radius 2 is 1.54 bits per heavy atom. The van der Waals surface area contributed by atoms with Crippen LogP contribution in [0.4, 0.5) is 4.39 Å². The van der Waals surface area contributed by atoms with Gasteiger partial charge in [-0.05, 0) is 48.2 Å². The molecular weight excluding hydrogens is 541 g/mol. The van der Waals surface area contributed by atoms with Crippen LogP contribution >= 0.6 is 12.4 Å². The summed E-state index contributed by atoms with van der Waals surface area (Å²) in [5.41, 5.74) is 3.71. The number of carbonyl (C=O) groups is 1. The van der Waals surface area contributed by atoms with Gasteiger partial charge in [0.2, 0.25) is 0 Å². The smallest absolute Gasteiger partial charge is 0.307 e. The highest BCUT2D eigenvalue weighted by Crippen LogP contribution is 2.28. The van der Waals surface area contributed by atoms with E-state index in [1.165, 1.54) is 24.3 Å². The van der Waals surface area contributed by atoms with Crippen LogP contribution in [-0.2, 0) is 17.8 Å². The molecule has 0 saturated heterocycles. The van der Waals surface area contributed by atoms with Crippen molar-refractivity contribution in [3.05, 3.63) is 131 Å². The van der Waals surface area contributed by atoms with Crippen LogP contribution in [0.1, 0.15) is 41.5 Å². The van der Waals surface area contributed by atoms with Gasteiger partial charge in [0.1, 0.15) is 17.3 Å². The Labute approximate surface area is 248 Å². The molecule has 1 unspecified atom stereocenters. The molecule has 0 bridgehead atoms. The van der Waals surface area contributed by atoms with Gasteiger partial charge in [0, 0.05) is 36.7 Å². The molecule has 5 nitrogen and oxygen atoms in total. The topological polar surface area (TPSA) is 59.0 Å². The van der Waals surface area contributed by atoms with E-state index in [4.69, 9.17) is 14.6 Å². The van der Waals surface area contributed by atoms with E-state index >= 15 is 4.39 Å². The number of halogens is 2. The van der Waals surface area contributed by atoms with Crippen LogP contribution in [0.3, 0.4) is 0 Å². The van der Waals surface area contributed by atoms with E-state index in [0.29, 0.717) is 48.7 Å². The highest BCUT2D eigenvalue weighted by Gasteiger charge is 2.23. The quantitative estimate of drug-likeness (QED) is 0.169. The zero-order chi connectivity index (χ0) is 28.3. The Morgan fingerprint density at radius 3 is 2.12 bits per heavy atom. The number of rotatable bonds is 14. The molecule has 0 aliphatic carbocycles. The van der Waals surface area contributed by atoms with Crippen molar-refractivity contribution in [3.63, 3.8) is 0 Å². The van der Waals surface area contributed by atoms with E-state index in [-0.39, 0.29) is 36.6 Å². The van der Waals surface area contributed by atoms with Crippen LogP contribution in [0.2, 0.25) is 0 Å². The fourth-order valence-electron chi connectivity index (χ4n) is 4.86. The molecule has 4 rings (SSSR count). The molecule has 0 radical (unpaired) electrons. The first kappa shape index (κ1) is 31.7. The summed E-state index contributed by atoms with van der Waals surface area (Å²) in [7, 11) is 1.53. The van der Waals surface area contributed by atoms with Gasteiger partial charge in [-0.3, -0.25) is 9.69 Å². The van der Waals surface area contributed by atoms with Crippen molar-refractivity contribution in [2.75, 3.05) is 20.3 Å². The molecule has 0 amide bonds. The van der Waals surface area contributed by atoms with Gasteiger partial charge < -0.3 is 14.6 Å². The summed E-state index contributed by atoms with van der Waals surface area (Å²) in [6.07, 6.45) is 0.659. The SMILES string of the molecule is COc1ccc(CN(CC(c2ccccc2)c2ccccc2)C(C)CCOc2cccc(CC(=O)O)c2)c(F)c1.Cl. The first-order valence-electron chi connectivity index (χ1n) is 13.5. The fourth-order valence-corrected chi connectivity index (χ4v) is 4.86. The summed E-state index contributed by atoms with van der Waals surface area (Å²) in [4.78, 5) is 13.4. The standard InChI is InChI=1S/C34H36FNO4.ClH/c1-25(18-19-40-31-15-9-10-26(20-31)21-34(37)38)36(23-29-16-17-30(39-2)22-33(29)35)24-32(27-11-5-3-6-12-27)28-13-7-4-8-14-28;/h3-17,20,22,25,32H,18-19,21,23-24H2,1-2H3,(H,37,38);1H.